The first-order valence-corrected chi connectivity index (χ1v) is 8.38. The Morgan fingerprint density at radius 1 is 1.30 bits per heavy atom. The molecular formula is C16H25FN2S. The highest BCUT2D eigenvalue weighted by Gasteiger charge is 2.24. The molecule has 112 valence electrons. The predicted octanol–water partition coefficient (Wildman–Crippen LogP) is 3.66. The molecule has 20 heavy (non-hydrogen) atoms. The van der Waals surface area contributed by atoms with Crippen LogP contribution in [0.3, 0.4) is 0 Å². The van der Waals surface area contributed by atoms with Gasteiger partial charge in [-0.25, -0.2) is 4.39 Å². The minimum atomic E-state index is -0.133. The fraction of sp³-hybridized carbons (Fsp3) is 0.625. The van der Waals surface area contributed by atoms with Crippen molar-refractivity contribution in [3.63, 3.8) is 0 Å². The lowest BCUT2D eigenvalue weighted by atomic mass is 10.1. The predicted molar refractivity (Wildman–Crippen MR) is 87.1 cm³/mol. The van der Waals surface area contributed by atoms with Crippen LogP contribution in [0.1, 0.15) is 32.8 Å². The van der Waals surface area contributed by atoms with Crippen LogP contribution in [0, 0.1) is 5.82 Å². The summed E-state index contributed by atoms with van der Waals surface area (Å²) in [7, 11) is 0. The first-order chi connectivity index (χ1) is 9.50. The zero-order valence-corrected chi connectivity index (χ0v) is 13.5. The summed E-state index contributed by atoms with van der Waals surface area (Å²) in [5.74, 6) is 0.970. The summed E-state index contributed by atoms with van der Waals surface area (Å²) in [5, 5.41) is 3.26. The fourth-order valence-corrected chi connectivity index (χ4v) is 3.57. The third-order valence-electron chi connectivity index (χ3n) is 3.72. The number of nitrogens with one attached hydrogen (secondary N) is 1. The van der Waals surface area contributed by atoms with Crippen LogP contribution in [-0.2, 0) is 6.54 Å². The molecule has 2 rings (SSSR count). The van der Waals surface area contributed by atoms with E-state index in [1.165, 1.54) is 0 Å². The highest BCUT2D eigenvalue weighted by molar-refractivity contribution is 8.00. The first-order valence-electron chi connectivity index (χ1n) is 7.39. The summed E-state index contributed by atoms with van der Waals surface area (Å²) >= 11 is 2.01. The van der Waals surface area contributed by atoms with Crippen molar-refractivity contribution in [3.8, 4) is 0 Å². The second-order valence-corrected chi connectivity index (χ2v) is 7.75. The molecule has 1 N–H and O–H groups in total. The van der Waals surface area contributed by atoms with Crippen molar-refractivity contribution >= 4 is 17.4 Å². The van der Waals surface area contributed by atoms with Crippen LogP contribution in [0.5, 0.6) is 0 Å². The zero-order valence-electron chi connectivity index (χ0n) is 12.7. The third kappa shape index (κ3) is 4.38. The van der Waals surface area contributed by atoms with Gasteiger partial charge in [0.15, 0.2) is 0 Å². The van der Waals surface area contributed by atoms with Gasteiger partial charge in [0, 0.05) is 35.8 Å². The van der Waals surface area contributed by atoms with Gasteiger partial charge in [-0.1, -0.05) is 20.8 Å². The Kier molecular flexibility index (Phi) is 5.33. The van der Waals surface area contributed by atoms with Crippen LogP contribution in [0.4, 0.5) is 10.1 Å². The maximum absolute atomic E-state index is 13.8. The molecule has 1 saturated heterocycles. The average molecular weight is 296 g/mol. The van der Waals surface area contributed by atoms with Crippen molar-refractivity contribution in [1.82, 2.24) is 5.32 Å². The molecule has 4 heteroatoms. The van der Waals surface area contributed by atoms with Gasteiger partial charge in [0.05, 0.1) is 0 Å². The van der Waals surface area contributed by atoms with Crippen molar-refractivity contribution in [2.24, 2.45) is 0 Å². The Bertz CT molecular complexity index is 448. The molecule has 0 bridgehead atoms. The van der Waals surface area contributed by atoms with Gasteiger partial charge in [-0.05, 0) is 36.7 Å². The van der Waals surface area contributed by atoms with Gasteiger partial charge >= 0.3 is 0 Å². The fourth-order valence-electron chi connectivity index (χ4n) is 2.47. The van der Waals surface area contributed by atoms with Crippen LogP contribution in [0.25, 0.3) is 0 Å². The summed E-state index contributed by atoms with van der Waals surface area (Å²) in [6.45, 7) is 10.3. The van der Waals surface area contributed by atoms with Gasteiger partial charge in [0.2, 0.25) is 0 Å². The van der Waals surface area contributed by atoms with Gasteiger partial charge in [-0.15, -0.1) is 0 Å². The second-order valence-electron chi connectivity index (χ2n) is 5.94. The van der Waals surface area contributed by atoms with Crippen molar-refractivity contribution in [2.75, 3.05) is 30.3 Å². The van der Waals surface area contributed by atoms with Crippen LogP contribution in [0.2, 0.25) is 0 Å². The third-order valence-corrected chi connectivity index (χ3v) is 5.10. The van der Waals surface area contributed by atoms with Gasteiger partial charge < -0.3 is 10.2 Å². The summed E-state index contributed by atoms with van der Waals surface area (Å²) < 4.78 is 14.1. The molecule has 1 fully saturated rings. The van der Waals surface area contributed by atoms with E-state index in [-0.39, 0.29) is 5.82 Å². The molecule has 0 spiro atoms. The summed E-state index contributed by atoms with van der Waals surface area (Å²) in [4.78, 5) is 2.32. The van der Waals surface area contributed by atoms with E-state index in [4.69, 9.17) is 0 Å². The van der Waals surface area contributed by atoms with E-state index in [9.17, 15) is 4.39 Å². The monoisotopic (exact) mass is 296 g/mol. The SMILES string of the molecule is CCNCc1cc(F)cc(N2CCSC(C)(C)CC2)c1. The van der Waals surface area contributed by atoms with Crippen molar-refractivity contribution in [1.29, 1.82) is 0 Å². The quantitative estimate of drug-likeness (QED) is 0.913. The van der Waals surface area contributed by atoms with E-state index >= 15 is 0 Å². The number of benzene rings is 1. The highest BCUT2D eigenvalue weighted by atomic mass is 32.2. The van der Waals surface area contributed by atoms with Crippen molar-refractivity contribution in [3.05, 3.63) is 29.6 Å². The molecule has 1 aromatic carbocycles. The molecule has 0 aromatic heterocycles. The van der Waals surface area contributed by atoms with Crippen LogP contribution < -0.4 is 10.2 Å². The molecule has 0 aliphatic carbocycles. The molecule has 0 amide bonds. The molecule has 0 radical (unpaired) electrons. The smallest absolute Gasteiger partial charge is 0.125 e. The van der Waals surface area contributed by atoms with Crippen LogP contribution >= 0.6 is 11.8 Å². The molecule has 2 nitrogen and oxygen atoms in total. The van der Waals surface area contributed by atoms with Crippen molar-refractivity contribution < 1.29 is 4.39 Å². The van der Waals surface area contributed by atoms with Crippen LogP contribution in [0.15, 0.2) is 18.2 Å². The van der Waals surface area contributed by atoms with E-state index in [2.05, 4.69) is 37.1 Å². The number of halogens is 1. The van der Waals surface area contributed by atoms with E-state index < -0.39 is 0 Å². The van der Waals surface area contributed by atoms with Gasteiger partial charge in [-0.3, -0.25) is 0 Å². The molecule has 1 heterocycles. The van der Waals surface area contributed by atoms with Crippen molar-refractivity contribution in [2.45, 2.75) is 38.5 Å². The summed E-state index contributed by atoms with van der Waals surface area (Å²) in [6.07, 6.45) is 1.14. The molecular weight excluding hydrogens is 271 g/mol. The van der Waals surface area contributed by atoms with E-state index in [0.29, 0.717) is 4.75 Å². The Labute approximate surface area is 126 Å². The number of hydrogen-bond acceptors (Lipinski definition) is 3. The normalized spacial score (nSPS) is 18.9. The lowest BCUT2D eigenvalue weighted by Crippen LogP contribution is -2.27. The van der Waals surface area contributed by atoms with Gasteiger partial charge in [0.1, 0.15) is 5.82 Å². The van der Waals surface area contributed by atoms with E-state index in [1.807, 2.05) is 11.8 Å². The van der Waals surface area contributed by atoms with Gasteiger partial charge in [-0.2, -0.15) is 11.8 Å². The molecule has 0 atom stereocenters. The Morgan fingerprint density at radius 2 is 2.10 bits per heavy atom. The maximum atomic E-state index is 13.8. The minimum absolute atomic E-state index is 0.133. The van der Waals surface area contributed by atoms with Gasteiger partial charge in [0.25, 0.3) is 0 Å². The summed E-state index contributed by atoms with van der Waals surface area (Å²) in [6, 6.07) is 5.41. The molecule has 0 saturated carbocycles. The number of nitrogens with zero attached hydrogens (tertiary/aromatic N) is 1. The number of hydrogen-bond donors (Lipinski definition) is 1. The van der Waals surface area contributed by atoms with E-state index in [1.54, 1.807) is 12.1 Å². The lowest BCUT2D eigenvalue weighted by molar-refractivity contribution is 0.616. The molecule has 1 aromatic rings. The Balaban J connectivity index is 2.13. The average Bonchev–Trinajstić information content (AvgIpc) is 2.57. The zero-order chi connectivity index (χ0) is 14.6. The number of rotatable bonds is 4. The standard InChI is InChI=1S/C16H25FN2S/c1-4-18-12-13-9-14(17)11-15(10-13)19-6-5-16(2,3)20-8-7-19/h9-11,18H,4-8,12H2,1-3H3. The first kappa shape index (κ1) is 15.6. The largest absolute Gasteiger partial charge is 0.371 e. The minimum Gasteiger partial charge on any atom is -0.371 e. The molecule has 1 aliphatic rings. The highest BCUT2D eigenvalue weighted by Crippen LogP contribution is 2.32. The maximum Gasteiger partial charge on any atom is 0.125 e. The number of anilines is 1. The van der Waals surface area contributed by atoms with Crippen LogP contribution in [-0.4, -0.2) is 30.1 Å². The topological polar surface area (TPSA) is 15.3 Å². The Morgan fingerprint density at radius 3 is 2.85 bits per heavy atom. The summed E-state index contributed by atoms with van der Waals surface area (Å²) in [5.41, 5.74) is 2.05. The Hall–Kier alpha value is -0.740. The second kappa shape index (κ2) is 6.81. The molecule has 0 unspecified atom stereocenters. The van der Waals surface area contributed by atoms with E-state index in [0.717, 1.165) is 49.6 Å². The molecule has 1 aliphatic heterocycles. The lowest BCUT2D eigenvalue weighted by Gasteiger charge is -2.25. The number of thioether (sulfide) groups is 1.